The second-order valence-corrected chi connectivity index (χ2v) is 16.1. The van der Waals surface area contributed by atoms with Crippen LogP contribution in [0.15, 0.2) is 204 Å². The smallest absolute Gasteiger partial charge is 0.360 e. The van der Waals surface area contributed by atoms with Crippen LogP contribution in [0, 0.1) is 0 Å². The average molecular weight is 746 g/mol. The van der Waals surface area contributed by atoms with Crippen LogP contribution in [0.1, 0.15) is 0 Å². The Morgan fingerprint density at radius 2 is 0.912 bits per heavy atom. The zero-order chi connectivity index (χ0) is 37.2. The Hall–Kier alpha value is -7.09. The van der Waals surface area contributed by atoms with Crippen molar-refractivity contribution in [3.63, 3.8) is 0 Å². The van der Waals surface area contributed by atoms with Crippen molar-refractivity contribution in [3.8, 4) is 22.5 Å². The Morgan fingerprint density at radius 1 is 0.404 bits per heavy atom. The first-order valence-corrected chi connectivity index (χ1v) is 20.3. The lowest BCUT2D eigenvalue weighted by Crippen LogP contribution is -2.53. The molecule has 2 aliphatic rings. The summed E-state index contributed by atoms with van der Waals surface area (Å²) in [5.74, 6) is 1.12. The van der Waals surface area contributed by atoms with Crippen molar-refractivity contribution in [3.05, 3.63) is 194 Å². The molecule has 6 heterocycles. The Balaban J connectivity index is 1.06. The monoisotopic (exact) mass is 745 g/mol. The molecule has 0 unspecified atom stereocenters. The van der Waals surface area contributed by atoms with Gasteiger partial charge in [0, 0.05) is 61.7 Å². The molecular formula is C50H32BN5S. The standard InChI is InChI=1S/C50H32BN5S/c1-2-13-33(14-3-1)34-25-27-35(28-26-34)56-46-23-12-24-47-50(46)51(52-31-36(29-48(52)56)54-42-19-8-4-15-38(42)39-16-5-9-20-43(39)54)53-32-37(30-49(53)57-47)55-44-21-10-6-17-40(44)41-18-7-11-22-45(41)55/h1-32H. The van der Waals surface area contributed by atoms with Crippen LogP contribution in [-0.4, -0.2) is 25.1 Å². The first-order chi connectivity index (χ1) is 28.3. The van der Waals surface area contributed by atoms with Crippen LogP contribution in [-0.2, 0) is 0 Å². The van der Waals surface area contributed by atoms with E-state index in [1.54, 1.807) is 0 Å². The van der Waals surface area contributed by atoms with E-state index in [0.717, 1.165) is 17.2 Å². The molecule has 2 aliphatic heterocycles. The number of aromatic nitrogens is 4. The molecule has 266 valence electrons. The molecule has 0 aliphatic carbocycles. The predicted molar refractivity (Wildman–Crippen MR) is 238 cm³/mol. The van der Waals surface area contributed by atoms with Crippen LogP contribution in [0.3, 0.4) is 0 Å². The van der Waals surface area contributed by atoms with E-state index in [9.17, 15) is 0 Å². The Bertz CT molecular complexity index is 3300. The molecule has 11 aromatic rings. The summed E-state index contributed by atoms with van der Waals surface area (Å²) in [7, 11) is 0. The maximum Gasteiger partial charge on any atom is 0.424 e. The maximum absolute atomic E-state index is 2.51. The largest absolute Gasteiger partial charge is 0.424 e. The van der Waals surface area contributed by atoms with Gasteiger partial charge in [-0.25, -0.2) is 0 Å². The quantitative estimate of drug-likeness (QED) is 0.167. The van der Waals surface area contributed by atoms with Crippen LogP contribution >= 0.6 is 11.8 Å². The molecule has 0 atom stereocenters. The zero-order valence-electron chi connectivity index (χ0n) is 30.7. The Kier molecular flexibility index (Phi) is 6.40. The highest BCUT2D eigenvalue weighted by molar-refractivity contribution is 7.99. The normalized spacial score (nSPS) is 13.1. The Morgan fingerprint density at radius 3 is 1.51 bits per heavy atom. The summed E-state index contributed by atoms with van der Waals surface area (Å²) in [6, 6.07) is 66.4. The number of hydrogen-bond donors (Lipinski definition) is 0. The van der Waals surface area contributed by atoms with E-state index in [-0.39, 0.29) is 6.98 Å². The van der Waals surface area contributed by atoms with Crippen molar-refractivity contribution < 1.29 is 0 Å². The van der Waals surface area contributed by atoms with Crippen LogP contribution in [0.4, 0.5) is 17.2 Å². The van der Waals surface area contributed by atoms with Crippen molar-refractivity contribution in [1.82, 2.24) is 18.1 Å². The fraction of sp³-hybridized carbons (Fsp3) is 0. The zero-order valence-corrected chi connectivity index (χ0v) is 31.5. The van der Waals surface area contributed by atoms with Gasteiger partial charge in [-0.2, -0.15) is 0 Å². The highest BCUT2D eigenvalue weighted by Crippen LogP contribution is 2.46. The molecule has 0 radical (unpaired) electrons. The van der Waals surface area contributed by atoms with Crippen molar-refractivity contribution in [2.24, 2.45) is 0 Å². The minimum Gasteiger partial charge on any atom is -0.360 e. The molecule has 0 N–H and O–H groups in total. The lowest BCUT2D eigenvalue weighted by molar-refractivity contribution is 0.956. The minimum atomic E-state index is -0.0917. The molecule has 13 rings (SSSR count). The van der Waals surface area contributed by atoms with Gasteiger partial charge in [0.25, 0.3) is 0 Å². The number of fused-ring (bicyclic) bond motifs is 10. The van der Waals surface area contributed by atoms with E-state index < -0.39 is 0 Å². The lowest BCUT2D eigenvalue weighted by atomic mass is 9.64. The summed E-state index contributed by atoms with van der Waals surface area (Å²) in [6.45, 7) is -0.0917. The van der Waals surface area contributed by atoms with Crippen LogP contribution in [0.2, 0.25) is 0 Å². The highest BCUT2D eigenvalue weighted by atomic mass is 32.2. The summed E-state index contributed by atoms with van der Waals surface area (Å²) in [5.41, 5.74) is 13.2. The van der Waals surface area contributed by atoms with Gasteiger partial charge in [0.05, 0.1) is 38.5 Å². The van der Waals surface area contributed by atoms with E-state index >= 15 is 0 Å². The topological polar surface area (TPSA) is 23.0 Å². The van der Waals surface area contributed by atoms with Crippen molar-refractivity contribution in [2.45, 2.75) is 9.92 Å². The summed E-state index contributed by atoms with van der Waals surface area (Å²) < 4.78 is 9.89. The molecule has 7 heteroatoms. The number of para-hydroxylation sites is 4. The van der Waals surface area contributed by atoms with Crippen LogP contribution in [0.5, 0.6) is 0 Å². The first kappa shape index (κ1) is 31.2. The first-order valence-electron chi connectivity index (χ1n) is 19.5. The number of nitrogens with zero attached hydrogens (tertiary/aromatic N) is 5. The molecule has 0 spiro atoms. The maximum atomic E-state index is 2.51. The lowest BCUT2D eigenvalue weighted by Gasteiger charge is -2.39. The van der Waals surface area contributed by atoms with E-state index in [1.165, 1.54) is 81.5 Å². The van der Waals surface area contributed by atoms with E-state index in [0.29, 0.717) is 0 Å². The second-order valence-electron chi connectivity index (χ2n) is 15.1. The molecule has 5 nitrogen and oxygen atoms in total. The summed E-state index contributed by atoms with van der Waals surface area (Å²) in [5, 5.41) is 6.28. The summed E-state index contributed by atoms with van der Waals surface area (Å²) in [6.07, 6.45) is 4.75. The number of rotatable bonds is 4. The molecule has 7 aromatic carbocycles. The molecule has 0 fully saturated rings. The van der Waals surface area contributed by atoms with Crippen molar-refractivity contribution in [2.75, 3.05) is 4.90 Å². The van der Waals surface area contributed by atoms with Gasteiger partial charge in [-0.1, -0.05) is 133 Å². The highest BCUT2D eigenvalue weighted by Gasteiger charge is 2.42. The number of benzene rings is 7. The molecule has 4 aromatic heterocycles. The number of anilines is 3. The molecule has 0 amide bonds. The fourth-order valence-corrected chi connectivity index (χ4v) is 10.8. The van der Waals surface area contributed by atoms with E-state index in [4.69, 9.17) is 0 Å². The van der Waals surface area contributed by atoms with Gasteiger partial charge < -0.3 is 18.1 Å². The predicted octanol–water partition coefficient (Wildman–Crippen LogP) is 12.2. The minimum absolute atomic E-state index is 0.0917. The third-order valence-electron chi connectivity index (χ3n) is 12.0. The van der Waals surface area contributed by atoms with Gasteiger partial charge in [0.1, 0.15) is 5.82 Å². The van der Waals surface area contributed by atoms with Gasteiger partial charge in [-0.15, -0.1) is 0 Å². The summed E-state index contributed by atoms with van der Waals surface area (Å²) in [4.78, 5) is 3.74. The van der Waals surface area contributed by atoms with Gasteiger partial charge >= 0.3 is 6.98 Å². The molecule has 57 heavy (non-hydrogen) atoms. The average Bonchev–Trinajstić information content (AvgIpc) is 4.05. The SMILES string of the molecule is c1ccc(-c2ccc(N3c4cccc5c4B(n4cc(-n6c7ccccc7c7ccccc76)cc4S5)n4cc(-n5c6ccccc6c6ccccc65)cc43)cc2)cc1. The second kappa shape index (κ2) is 11.7. The summed E-state index contributed by atoms with van der Waals surface area (Å²) >= 11 is 1.86. The fourth-order valence-electron chi connectivity index (χ4n) is 9.62. The van der Waals surface area contributed by atoms with E-state index in [1.807, 2.05) is 11.8 Å². The van der Waals surface area contributed by atoms with Gasteiger partial charge in [-0.3, -0.25) is 4.90 Å². The molecular weight excluding hydrogens is 713 g/mol. The van der Waals surface area contributed by atoms with Crippen molar-refractivity contribution >= 4 is 85.0 Å². The number of hydrogen-bond acceptors (Lipinski definition) is 2. The third-order valence-corrected chi connectivity index (χ3v) is 13.1. The molecule has 0 bridgehead atoms. The molecule has 0 saturated carbocycles. The van der Waals surface area contributed by atoms with Gasteiger partial charge in [-0.05, 0) is 65.7 Å². The van der Waals surface area contributed by atoms with Gasteiger partial charge in [0.15, 0.2) is 0 Å². The van der Waals surface area contributed by atoms with Crippen molar-refractivity contribution in [1.29, 1.82) is 0 Å². The van der Waals surface area contributed by atoms with Crippen LogP contribution in [0.25, 0.3) is 66.1 Å². The third kappa shape index (κ3) is 4.37. The Labute approximate surface area is 333 Å². The molecule has 0 saturated heterocycles. The van der Waals surface area contributed by atoms with E-state index in [2.05, 4.69) is 217 Å². The van der Waals surface area contributed by atoms with Gasteiger partial charge in [0.2, 0.25) is 0 Å². The van der Waals surface area contributed by atoms with Crippen LogP contribution < -0.4 is 10.4 Å².